The molecule has 4 heteroatoms. The number of amides is 1. The summed E-state index contributed by atoms with van der Waals surface area (Å²) >= 11 is 0. The summed E-state index contributed by atoms with van der Waals surface area (Å²) in [6, 6.07) is 0. The normalized spacial score (nSPS) is 30.1. The number of hydrogen-bond donors (Lipinski definition) is 2. The first-order valence-electron chi connectivity index (χ1n) is 3.93. The molecule has 1 fully saturated rings. The van der Waals surface area contributed by atoms with Crippen molar-refractivity contribution in [3.05, 3.63) is 12.2 Å². The highest BCUT2D eigenvalue weighted by Gasteiger charge is 2.31. The van der Waals surface area contributed by atoms with E-state index < -0.39 is 12.2 Å². The molecule has 1 amide bonds. The molecule has 2 atom stereocenters. The summed E-state index contributed by atoms with van der Waals surface area (Å²) in [4.78, 5) is 12.6. The Kier molecular flexibility index (Phi) is 2.83. The minimum atomic E-state index is -0.792. The first-order chi connectivity index (χ1) is 5.65. The summed E-state index contributed by atoms with van der Waals surface area (Å²) in [5.41, 5.74) is 0. The summed E-state index contributed by atoms with van der Waals surface area (Å²) in [6.07, 6.45) is 1.47. The minimum Gasteiger partial charge on any atom is -0.388 e. The molecule has 12 heavy (non-hydrogen) atoms. The lowest BCUT2D eigenvalue weighted by atomic mass is 10.3. The van der Waals surface area contributed by atoms with Gasteiger partial charge in [0.15, 0.2) is 0 Å². The monoisotopic (exact) mass is 171 g/mol. The molecule has 0 spiro atoms. The Labute approximate surface area is 71.1 Å². The molecule has 1 saturated heterocycles. The van der Waals surface area contributed by atoms with E-state index in [1.54, 1.807) is 13.0 Å². The fraction of sp³-hybridized carbons (Fsp3) is 0.625. The molecule has 68 valence electrons. The third-order valence-electron chi connectivity index (χ3n) is 1.88. The van der Waals surface area contributed by atoms with Crippen LogP contribution in [0.5, 0.6) is 0 Å². The molecule has 1 rings (SSSR count). The van der Waals surface area contributed by atoms with Crippen molar-refractivity contribution in [3.8, 4) is 0 Å². The van der Waals surface area contributed by atoms with Gasteiger partial charge >= 0.3 is 0 Å². The summed E-state index contributed by atoms with van der Waals surface area (Å²) in [6.45, 7) is 2.20. The predicted molar refractivity (Wildman–Crippen MR) is 43.4 cm³/mol. The highest BCUT2D eigenvalue weighted by atomic mass is 16.3. The van der Waals surface area contributed by atoms with Crippen LogP contribution in [0.2, 0.25) is 0 Å². The van der Waals surface area contributed by atoms with Gasteiger partial charge < -0.3 is 15.1 Å². The first-order valence-corrected chi connectivity index (χ1v) is 3.93. The first kappa shape index (κ1) is 9.22. The Morgan fingerprint density at radius 2 is 1.92 bits per heavy atom. The van der Waals surface area contributed by atoms with Crippen LogP contribution in [-0.2, 0) is 4.79 Å². The van der Waals surface area contributed by atoms with Gasteiger partial charge in [-0.2, -0.15) is 0 Å². The van der Waals surface area contributed by atoms with E-state index in [1.165, 1.54) is 11.0 Å². The van der Waals surface area contributed by atoms with E-state index in [1.807, 2.05) is 0 Å². The smallest absolute Gasteiger partial charge is 0.246 e. The van der Waals surface area contributed by atoms with Crippen LogP contribution in [0.4, 0.5) is 0 Å². The Bertz CT molecular complexity index is 192. The lowest BCUT2D eigenvalue weighted by Gasteiger charge is -2.11. The number of aliphatic hydroxyl groups excluding tert-OH is 2. The number of likely N-dealkylation sites (tertiary alicyclic amines) is 1. The van der Waals surface area contributed by atoms with Crippen LogP contribution < -0.4 is 0 Å². The molecule has 0 bridgehead atoms. The SMILES string of the molecule is C/C=C/C(=O)N1CC(O)C(O)C1. The molecular weight excluding hydrogens is 158 g/mol. The summed E-state index contributed by atoms with van der Waals surface area (Å²) in [5, 5.41) is 18.2. The zero-order valence-electron chi connectivity index (χ0n) is 6.97. The highest BCUT2D eigenvalue weighted by Crippen LogP contribution is 2.09. The van der Waals surface area contributed by atoms with Crippen LogP contribution in [0.3, 0.4) is 0 Å². The third-order valence-corrected chi connectivity index (χ3v) is 1.88. The zero-order valence-corrected chi connectivity index (χ0v) is 6.97. The Morgan fingerprint density at radius 3 is 2.33 bits per heavy atom. The van der Waals surface area contributed by atoms with Crippen LogP contribution in [0.15, 0.2) is 12.2 Å². The molecule has 0 radical (unpaired) electrons. The number of β-amino-alcohol motifs (C(OH)–C–C–N with tert-alkyl or cyclic N) is 2. The summed E-state index contributed by atoms with van der Waals surface area (Å²) in [5.74, 6) is -0.159. The second-order valence-corrected chi connectivity index (χ2v) is 2.88. The molecule has 4 nitrogen and oxygen atoms in total. The zero-order chi connectivity index (χ0) is 9.14. The second-order valence-electron chi connectivity index (χ2n) is 2.88. The molecule has 1 aliphatic rings. The molecular formula is C8H13NO3. The number of rotatable bonds is 1. The van der Waals surface area contributed by atoms with Crippen LogP contribution in [0.25, 0.3) is 0 Å². The molecule has 0 saturated carbocycles. The quantitative estimate of drug-likeness (QED) is 0.504. The molecule has 0 aliphatic carbocycles. The molecule has 0 aromatic rings. The van der Waals surface area contributed by atoms with E-state index in [9.17, 15) is 4.79 Å². The van der Waals surface area contributed by atoms with E-state index in [4.69, 9.17) is 10.2 Å². The van der Waals surface area contributed by atoms with Crippen molar-refractivity contribution in [2.75, 3.05) is 13.1 Å². The van der Waals surface area contributed by atoms with Gasteiger partial charge in [-0.25, -0.2) is 0 Å². The lowest BCUT2D eigenvalue weighted by molar-refractivity contribution is -0.125. The number of allylic oxidation sites excluding steroid dienone is 1. The van der Waals surface area contributed by atoms with Crippen molar-refractivity contribution in [1.82, 2.24) is 4.90 Å². The number of carbonyl (C=O) groups excluding carboxylic acids is 1. The molecule has 1 heterocycles. The van der Waals surface area contributed by atoms with Crippen molar-refractivity contribution in [3.63, 3.8) is 0 Å². The van der Waals surface area contributed by atoms with E-state index >= 15 is 0 Å². The standard InChI is InChI=1S/C8H13NO3/c1-2-3-8(12)9-4-6(10)7(11)5-9/h2-3,6-7,10-11H,4-5H2,1H3/b3-2+. The van der Waals surface area contributed by atoms with Gasteiger partial charge in [-0.05, 0) is 13.0 Å². The van der Waals surface area contributed by atoms with Gasteiger partial charge in [0.2, 0.25) is 5.91 Å². The lowest BCUT2D eigenvalue weighted by Crippen LogP contribution is -2.27. The van der Waals surface area contributed by atoms with Gasteiger partial charge in [0.25, 0.3) is 0 Å². The van der Waals surface area contributed by atoms with E-state index in [0.29, 0.717) is 0 Å². The van der Waals surface area contributed by atoms with Crippen LogP contribution in [0.1, 0.15) is 6.92 Å². The van der Waals surface area contributed by atoms with Crippen LogP contribution in [-0.4, -0.2) is 46.3 Å². The number of hydrogen-bond acceptors (Lipinski definition) is 3. The topological polar surface area (TPSA) is 60.8 Å². The maximum atomic E-state index is 11.2. The van der Waals surface area contributed by atoms with Gasteiger partial charge in [0, 0.05) is 13.1 Å². The Balaban J connectivity index is 2.51. The van der Waals surface area contributed by atoms with Crippen LogP contribution in [0, 0.1) is 0 Å². The van der Waals surface area contributed by atoms with E-state index in [0.717, 1.165) is 0 Å². The average Bonchev–Trinajstić information content (AvgIpc) is 2.33. The van der Waals surface area contributed by atoms with Crippen LogP contribution >= 0.6 is 0 Å². The third kappa shape index (κ3) is 1.84. The maximum absolute atomic E-state index is 11.2. The van der Waals surface area contributed by atoms with Crippen molar-refractivity contribution in [1.29, 1.82) is 0 Å². The number of aliphatic hydroxyl groups is 2. The molecule has 1 aliphatic heterocycles. The minimum absolute atomic E-state index is 0.159. The summed E-state index contributed by atoms with van der Waals surface area (Å²) in [7, 11) is 0. The number of carbonyl (C=O) groups is 1. The Hall–Kier alpha value is -0.870. The maximum Gasteiger partial charge on any atom is 0.246 e. The van der Waals surface area contributed by atoms with Crippen molar-refractivity contribution >= 4 is 5.91 Å². The van der Waals surface area contributed by atoms with Crippen molar-refractivity contribution < 1.29 is 15.0 Å². The van der Waals surface area contributed by atoms with Gasteiger partial charge in [-0.15, -0.1) is 0 Å². The van der Waals surface area contributed by atoms with Gasteiger partial charge in [-0.1, -0.05) is 6.08 Å². The van der Waals surface area contributed by atoms with Gasteiger partial charge in [0.1, 0.15) is 0 Å². The second kappa shape index (κ2) is 3.69. The van der Waals surface area contributed by atoms with Crippen molar-refractivity contribution in [2.45, 2.75) is 19.1 Å². The molecule has 0 aromatic heterocycles. The van der Waals surface area contributed by atoms with Crippen molar-refractivity contribution in [2.24, 2.45) is 0 Å². The predicted octanol–water partition coefficient (Wildman–Crippen LogP) is -0.874. The fourth-order valence-electron chi connectivity index (χ4n) is 1.20. The molecule has 2 unspecified atom stereocenters. The fourth-order valence-corrected chi connectivity index (χ4v) is 1.20. The number of nitrogens with zero attached hydrogens (tertiary/aromatic N) is 1. The van der Waals surface area contributed by atoms with Gasteiger partial charge in [-0.3, -0.25) is 4.79 Å². The van der Waals surface area contributed by atoms with E-state index in [2.05, 4.69) is 0 Å². The summed E-state index contributed by atoms with van der Waals surface area (Å²) < 4.78 is 0. The largest absolute Gasteiger partial charge is 0.388 e. The van der Waals surface area contributed by atoms with E-state index in [-0.39, 0.29) is 19.0 Å². The molecule has 0 aromatic carbocycles. The van der Waals surface area contributed by atoms with Gasteiger partial charge in [0.05, 0.1) is 12.2 Å². The highest BCUT2D eigenvalue weighted by molar-refractivity contribution is 5.87. The Morgan fingerprint density at radius 1 is 1.42 bits per heavy atom. The molecule has 2 N–H and O–H groups in total. The average molecular weight is 171 g/mol.